The average Bonchev–Trinajstić information content (AvgIpc) is 2.46. The maximum atomic E-state index is 10.7. The summed E-state index contributed by atoms with van der Waals surface area (Å²) in [5.74, 6) is -0.963. The van der Waals surface area contributed by atoms with Gasteiger partial charge in [-0.1, -0.05) is 30.4 Å². The second-order valence-electron chi connectivity index (χ2n) is 4.30. The fourth-order valence-electron chi connectivity index (χ4n) is 1.70. The summed E-state index contributed by atoms with van der Waals surface area (Å²) in [6, 6.07) is 0. The molecule has 0 saturated carbocycles. The molecule has 0 amide bonds. The molecule has 1 fully saturated rings. The van der Waals surface area contributed by atoms with E-state index in [1.807, 2.05) is 18.2 Å². The molecule has 0 aromatic carbocycles. The molecule has 0 aromatic rings. The van der Waals surface area contributed by atoms with E-state index < -0.39 is 5.97 Å². The number of rotatable bonds is 7. The summed E-state index contributed by atoms with van der Waals surface area (Å²) < 4.78 is 5.27. The first-order valence-corrected chi connectivity index (χ1v) is 6.73. The molecular weight excluding hydrogens is 256 g/mol. The first-order valence-electron chi connectivity index (χ1n) is 6.73. The lowest BCUT2D eigenvalue weighted by atomic mass is 10.2. The van der Waals surface area contributed by atoms with Crippen molar-refractivity contribution in [2.75, 3.05) is 33.4 Å². The summed E-state index contributed by atoms with van der Waals surface area (Å²) in [5, 5.41) is 8.76. The van der Waals surface area contributed by atoms with Crippen LogP contribution in [0.5, 0.6) is 0 Å². The zero-order chi connectivity index (χ0) is 14.6. The van der Waals surface area contributed by atoms with Crippen LogP contribution in [-0.4, -0.2) is 55.0 Å². The Bertz CT molecular complexity index is 405. The largest absolute Gasteiger partial charge is 0.477 e. The molecular formula is C15H22N2O3. The number of aliphatic carboxylic acids is 1. The number of hydrogen-bond donors (Lipinski definition) is 1. The molecule has 0 radical (unpaired) electrons. The fraction of sp³-hybridized carbons (Fsp3) is 0.467. The van der Waals surface area contributed by atoms with Gasteiger partial charge in [0.2, 0.25) is 0 Å². The Morgan fingerprint density at radius 1 is 1.25 bits per heavy atom. The minimum atomic E-state index is -0.963. The zero-order valence-corrected chi connectivity index (χ0v) is 11.9. The zero-order valence-electron chi connectivity index (χ0n) is 11.9. The van der Waals surface area contributed by atoms with Gasteiger partial charge < -0.3 is 14.7 Å². The fourth-order valence-corrected chi connectivity index (χ4v) is 1.70. The number of morpholine rings is 1. The molecule has 0 bridgehead atoms. The van der Waals surface area contributed by atoms with E-state index in [-0.39, 0.29) is 5.71 Å². The molecule has 1 aliphatic rings. The van der Waals surface area contributed by atoms with Gasteiger partial charge >= 0.3 is 5.97 Å². The molecule has 1 aliphatic heterocycles. The van der Waals surface area contributed by atoms with E-state index in [1.54, 1.807) is 6.08 Å². The maximum absolute atomic E-state index is 10.7. The van der Waals surface area contributed by atoms with Crippen molar-refractivity contribution >= 4 is 11.7 Å². The molecule has 5 heteroatoms. The Morgan fingerprint density at radius 3 is 2.60 bits per heavy atom. The second kappa shape index (κ2) is 9.97. The summed E-state index contributed by atoms with van der Waals surface area (Å²) in [7, 11) is 1.49. The Balaban J connectivity index is 2.18. The van der Waals surface area contributed by atoms with Crippen LogP contribution in [0, 0.1) is 0 Å². The van der Waals surface area contributed by atoms with E-state index in [1.165, 1.54) is 7.05 Å². The van der Waals surface area contributed by atoms with Crippen molar-refractivity contribution in [2.45, 2.75) is 12.8 Å². The van der Waals surface area contributed by atoms with E-state index >= 15 is 0 Å². The summed E-state index contributed by atoms with van der Waals surface area (Å²) in [4.78, 5) is 16.6. The van der Waals surface area contributed by atoms with Gasteiger partial charge in [-0.25, -0.2) is 4.79 Å². The van der Waals surface area contributed by atoms with Crippen molar-refractivity contribution in [1.82, 2.24) is 4.90 Å². The van der Waals surface area contributed by atoms with Gasteiger partial charge in [0, 0.05) is 26.6 Å². The van der Waals surface area contributed by atoms with Crippen LogP contribution < -0.4 is 0 Å². The van der Waals surface area contributed by atoms with Crippen LogP contribution in [0.2, 0.25) is 0 Å². The minimum absolute atomic E-state index is 0.168. The van der Waals surface area contributed by atoms with Crippen LogP contribution in [0.3, 0.4) is 0 Å². The molecule has 110 valence electrons. The van der Waals surface area contributed by atoms with Crippen LogP contribution in [0.1, 0.15) is 12.8 Å². The van der Waals surface area contributed by atoms with Crippen molar-refractivity contribution in [1.29, 1.82) is 0 Å². The van der Waals surface area contributed by atoms with Crippen molar-refractivity contribution in [3.05, 3.63) is 36.6 Å². The van der Waals surface area contributed by atoms with Crippen LogP contribution in [-0.2, 0) is 9.53 Å². The molecule has 0 aliphatic carbocycles. The van der Waals surface area contributed by atoms with E-state index in [2.05, 4.69) is 22.2 Å². The molecule has 0 spiro atoms. The Morgan fingerprint density at radius 2 is 1.95 bits per heavy atom. The van der Waals surface area contributed by atoms with Gasteiger partial charge in [-0.15, -0.1) is 0 Å². The number of allylic oxidation sites excluding steroid dienone is 5. The normalized spacial score (nSPS) is 17.6. The first kappa shape index (κ1) is 16.2. The number of carboxylic acids is 1. The monoisotopic (exact) mass is 278 g/mol. The van der Waals surface area contributed by atoms with E-state index in [0.29, 0.717) is 6.42 Å². The van der Waals surface area contributed by atoms with Crippen LogP contribution in [0.4, 0.5) is 0 Å². The number of hydrogen-bond acceptors (Lipinski definition) is 4. The van der Waals surface area contributed by atoms with Crippen LogP contribution in [0.25, 0.3) is 0 Å². The molecule has 5 nitrogen and oxygen atoms in total. The topological polar surface area (TPSA) is 62.1 Å². The van der Waals surface area contributed by atoms with Gasteiger partial charge in [-0.3, -0.25) is 4.99 Å². The van der Waals surface area contributed by atoms with Gasteiger partial charge in [-0.2, -0.15) is 0 Å². The lowest BCUT2D eigenvalue weighted by Gasteiger charge is -2.24. The highest BCUT2D eigenvalue weighted by molar-refractivity contribution is 6.35. The van der Waals surface area contributed by atoms with Gasteiger partial charge in [-0.05, 0) is 12.6 Å². The minimum Gasteiger partial charge on any atom is -0.477 e. The Kier molecular flexibility index (Phi) is 8.07. The predicted molar refractivity (Wildman–Crippen MR) is 80.0 cm³/mol. The molecule has 0 atom stereocenters. The van der Waals surface area contributed by atoms with Gasteiger partial charge in [0.25, 0.3) is 0 Å². The summed E-state index contributed by atoms with van der Waals surface area (Å²) in [5.41, 5.74) is 0.168. The quantitative estimate of drug-likeness (QED) is 0.570. The van der Waals surface area contributed by atoms with Crippen LogP contribution >= 0.6 is 0 Å². The lowest BCUT2D eigenvalue weighted by Crippen LogP contribution is -2.31. The number of carbonyl (C=O) groups is 1. The lowest BCUT2D eigenvalue weighted by molar-refractivity contribution is -0.129. The smallest absolute Gasteiger partial charge is 0.350 e. The standard InChI is InChI=1S/C15H22N2O3/c1-16-14(15(18)19)8-6-4-2-3-5-7-9-17-10-12-20-13-11-17/h2-4,6-7,9H,5,8,10-13H2,1H3,(H,18,19)/b3-2-,6-4-,9-7+,16-14?. The molecule has 1 rings (SSSR count). The van der Waals surface area contributed by atoms with Crippen LogP contribution in [0.15, 0.2) is 41.6 Å². The van der Waals surface area contributed by atoms with E-state index in [4.69, 9.17) is 9.84 Å². The third-order valence-electron chi connectivity index (χ3n) is 2.85. The van der Waals surface area contributed by atoms with Gasteiger partial charge in [0.15, 0.2) is 0 Å². The number of ether oxygens (including phenoxy) is 1. The predicted octanol–water partition coefficient (Wildman–Crippen LogP) is 1.88. The first-order chi connectivity index (χ1) is 9.74. The summed E-state index contributed by atoms with van der Waals surface area (Å²) in [6.45, 7) is 3.50. The third-order valence-corrected chi connectivity index (χ3v) is 2.85. The molecule has 20 heavy (non-hydrogen) atoms. The average molecular weight is 278 g/mol. The Labute approximate surface area is 119 Å². The van der Waals surface area contributed by atoms with Gasteiger partial charge in [0.1, 0.15) is 5.71 Å². The highest BCUT2D eigenvalue weighted by atomic mass is 16.5. The van der Waals surface area contributed by atoms with Crippen molar-refractivity contribution in [3.63, 3.8) is 0 Å². The number of carboxylic acid groups (broad SMARTS) is 1. The Hall–Kier alpha value is -1.88. The van der Waals surface area contributed by atoms with Crippen molar-refractivity contribution in [2.24, 2.45) is 4.99 Å². The van der Waals surface area contributed by atoms with E-state index in [9.17, 15) is 4.79 Å². The van der Waals surface area contributed by atoms with Crippen molar-refractivity contribution in [3.8, 4) is 0 Å². The number of aliphatic imine (C=N–C) groups is 1. The summed E-state index contributed by atoms with van der Waals surface area (Å²) in [6.07, 6.45) is 13.0. The maximum Gasteiger partial charge on any atom is 0.350 e. The molecule has 1 saturated heterocycles. The van der Waals surface area contributed by atoms with Crippen molar-refractivity contribution < 1.29 is 14.6 Å². The van der Waals surface area contributed by atoms with E-state index in [0.717, 1.165) is 32.7 Å². The number of nitrogens with zero attached hydrogens (tertiary/aromatic N) is 2. The SMILES string of the molecule is CN=C(C/C=C\C=C/C/C=C/N1CCOCC1)C(=O)O. The van der Waals surface area contributed by atoms with Gasteiger partial charge in [0.05, 0.1) is 13.2 Å². The third kappa shape index (κ3) is 6.89. The second-order valence-corrected chi connectivity index (χ2v) is 4.30. The molecule has 0 unspecified atom stereocenters. The molecule has 1 heterocycles. The molecule has 0 aromatic heterocycles. The molecule has 1 N–H and O–H groups in total. The summed E-state index contributed by atoms with van der Waals surface area (Å²) >= 11 is 0. The highest BCUT2D eigenvalue weighted by Crippen LogP contribution is 1.98. The highest BCUT2D eigenvalue weighted by Gasteiger charge is 2.04.